The van der Waals surface area contributed by atoms with Gasteiger partial charge in [-0.2, -0.15) is 13.2 Å². The van der Waals surface area contributed by atoms with Gasteiger partial charge >= 0.3 is 6.18 Å². The van der Waals surface area contributed by atoms with E-state index in [1.165, 1.54) is 24.8 Å². The van der Waals surface area contributed by atoms with Crippen molar-refractivity contribution in [2.24, 2.45) is 5.92 Å². The van der Waals surface area contributed by atoms with E-state index in [1.807, 2.05) is 0 Å². The molecule has 3 rings (SSSR count). The molecule has 9 heteroatoms. The molecule has 2 aliphatic rings. The Morgan fingerprint density at radius 3 is 2.68 bits per heavy atom. The summed E-state index contributed by atoms with van der Waals surface area (Å²) in [6.45, 7) is -0.515. The molecular weight excluding hydrogens is 375 g/mol. The number of nitrogens with zero attached hydrogens (tertiary/aromatic N) is 2. The second-order valence-corrected chi connectivity index (χ2v) is 7.33. The zero-order valence-corrected chi connectivity index (χ0v) is 15.5. The fourth-order valence-electron chi connectivity index (χ4n) is 3.78. The van der Waals surface area contributed by atoms with E-state index in [0.717, 1.165) is 25.7 Å². The fourth-order valence-corrected chi connectivity index (χ4v) is 3.78. The molecule has 2 heterocycles. The summed E-state index contributed by atoms with van der Waals surface area (Å²) in [7, 11) is 0. The SMILES string of the molecule is O=C(NC1CCN(C(=O)C2CCCCC2)C1)c1ncccc1OCC(F)(F)F. The second-order valence-electron chi connectivity index (χ2n) is 7.33. The van der Waals surface area contributed by atoms with E-state index in [1.54, 1.807) is 4.90 Å². The standard InChI is InChI=1S/C19H24F3N3O3/c20-19(21,22)12-28-15-7-4-9-23-16(15)17(26)24-14-8-10-25(11-14)18(27)13-5-2-1-3-6-13/h4,7,9,13-14H,1-3,5-6,8,10-12H2,(H,24,26). The first kappa shape index (κ1) is 20.4. The predicted octanol–water partition coefficient (Wildman–Crippen LogP) is 2.93. The molecule has 1 unspecified atom stereocenters. The van der Waals surface area contributed by atoms with Gasteiger partial charge in [0.15, 0.2) is 18.1 Å². The van der Waals surface area contributed by atoms with Crippen LogP contribution in [0.3, 0.4) is 0 Å². The minimum Gasteiger partial charge on any atom is -0.482 e. The van der Waals surface area contributed by atoms with E-state index in [2.05, 4.69) is 10.3 Å². The van der Waals surface area contributed by atoms with Crippen molar-refractivity contribution in [3.63, 3.8) is 0 Å². The molecule has 1 aromatic heterocycles. The average molecular weight is 399 g/mol. The molecule has 6 nitrogen and oxygen atoms in total. The summed E-state index contributed by atoms with van der Waals surface area (Å²) in [5.74, 6) is -0.606. The van der Waals surface area contributed by atoms with Crippen molar-refractivity contribution in [1.29, 1.82) is 0 Å². The first-order valence-electron chi connectivity index (χ1n) is 9.58. The van der Waals surface area contributed by atoms with Gasteiger partial charge in [-0.3, -0.25) is 9.59 Å². The van der Waals surface area contributed by atoms with Crippen LogP contribution in [0.4, 0.5) is 13.2 Å². The Morgan fingerprint density at radius 1 is 1.21 bits per heavy atom. The van der Waals surface area contributed by atoms with Gasteiger partial charge in [0.2, 0.25) is 5.91 Å². The quantitative estimate of drug-likeness (QED) is 0.827. The minimum absolute atomic E-state index is 0.0707. The van der Waals surface area contributed by atoms with Gasteiger partial charge in [-0.25, -0.2) is 4.98 Å². The van der Waals surface area contributed by atoms with E-state index < -0.39 is 18.7 Å². The number of pyridine rings is 1. The molecule has 0 spiro atoms. The molecule has 0 aromatic carbocycles. The number of aromatic nitrogens is 1. The summed E-state index contributed by atoms with van der Waals surface area (Å²) in [6, 6.07) is 2.43. The van der Waals surface area contributed by atoms with Crippen molar-refractivity contribution in [3.05, 3.63) is 24.0 Å². The number of hydrogen-bond acceptors (Lipinski definition) is 4. The highest BCUT2D eigenvalue weighted by atomic mass is 19.4. The van der Waals surface area contributed by atoms with Crippen molar-refractivity contribution in [1.82, 2.24) is 15.2 Å². The third-order valence-corrected chi connectivity index (χ3v) is 5.17. The third kappa shape index (κ3) is 5.36. The van der Waals surface area contributed by atoms with Gasteiger partial charge in [-0.15, -0.1) is 0 Å². The van der Waals surface area contributed by atoms with Crippen molar-refractivity contribution in [2.45, 2.75) is 50.7 Å². The highest BCUT2D eigenvalue weighted by molar-refractivity contribution is 5.95. The van der Waals surface area contributed by atoms with E-state index >= 15 is 0 Å². The number of carbonyl (C=O) groups is 2. The Hall–Kier alpha value is -2.32. The van der Waals surface area contributed by atoms with E-state index in [-0.39, 0.29) is 29.3 Å². The lowest BCUT2D eigenvalue weighted by molar-refractivity contribution is -0.153. The van der Waals surface area contributed by atoms with Crippen LogP contribution < -0.4 is 10.1 Å². The van der Waals surface area contributed by atoms with Gasteiger partial charge < -0.3 is 15.0 Å². The summed E-state index contributed by atoms with van der Waals surface area (Å²) in [5, 5.41) is 2.76. The molecule has 2 fully saturated rings. The van der Waals surface area contributed by atoms with Crippen LogP contribution in [0.25, 0.3) is 0 Å². The maximum atomic E-state index is 12.6. The molecule has 1 N–H and O–H groups in total. The van der Waals surface area contributed by atoms with Gasteiger partial charge in [0.1, 0.15) is 0 Å². The monoisotopic (exact) mass is 399 g/mol. The molecule has 1 aliphatic heterocycles. The van der Waals surface area contributed by atoms with Crippen LogP contribution in [0.5, 0.6) is 5.75 Å². The molecule has 1 atom stereocenters. The Kier molecular flexibility index (Phi) is 6.41. The van der Waals surface area contributed by atoms with Crippen LogP contribution in [0, 0.1) is 5.92 Å². The molecule has 28 heavy (non-hydrogen) atoms. The molecule has 0 bridgehead atoms. The molecular formula is C19H24F3N3O3. The normalized spacial score (nSPS) is 20.8. The van der Waals surface area contributed by atoms with Gasteiger partial charge in [0.05, 0.1) is 0 Å². The van der Waals surface area contributed by atoms with Gasteiger partial charge in [-0.05, 0) is 31.4 Å². The number of nitrogens with one attached hydrogen (secondary N) is 1. The summed E-state index contributed by atoms with van der Waals surface area (Å²) < 4.78 is 41.9. The number of rotatable bonds is 5. The van der Waals surface area contributed by atoms with Crippen LogP contribution >= 0.6 is 0 Å². The number of carbonyl (C=O) groups excluding carboxylic acids is 2. The number of amides is 2. The lowest BCUT2D eigenvalue weighted by Crippen LogP contribution is -2.40. The average Bonchev–Trinajstić information content (AvgIpc) is 3.14. The second kappa shape index (κ2) is 8.79. The highest BCUT2D eigenvalue weighted by Gasteiger charge is 2.33. The van der Waals surface area contributed by atoms with Crippen LogP contribution in [-0.2, 0) is 4.79 Å². The van der Waals surface area contributed by atoms with Crippen LogP contribution in [0.2, 0.25) is 0 Å². The van der Waals surface area contributed by atoms with Crippen LogP contribution in [0.15, 0.2) is 18.3 Å². The Labute approximate surface area is 161 Å². The summed E-state index contributed by atoms with van der Waals surface area (Å²) in [4.78, 5) is 30.7. The van der Waals surface area contributed by atoms with Gasteiger partial charge in [-0.1, -0.05) is 19.3 Å². The Balaban J connectivity index is 1.56. The van der Waals surface area contributed by atoms with Crippen molar-refractivity contribution in [2.75, 3.05) is 19.7 Å². The van der Waals surface area contributed by atoms with Gasteiger partial charge in [0, 0.05) is 31.2 Å². The zero-order chi connectivity index (χ0) is 20.1. The zero-order valence-electron chi connectivity index (χ0n) is 15.5. The van der Waals surface area contributed by atoms with Gasteiger partial charge in [0.25, 0.3) is 5.91 Å². The first-order chi connectivity index (χ1) is 13.3. The van der Waals surface area contributed by atoms with Crippen LogP contribution in [0.1, 0.15) is 49.0 Å². The lowest BCUT2D eigenvalue weighted by Gasteiger charge is -2.26. The Morgan fingerprint density at radius 2 is 1.96 bits per heavy atom. The smallest absolute Gasteiger partial charge is 0.422 e. The first-order valence-corrected chi connectivity index (χ1v) is 9.58. The van der Waals surface area contributed by atoms with E-state index in [4.69, 9.17) is 4.74 Å². The third-order valence-electron chi connectivity index (χ3n) is 5.17. The van der Waals surface area contributed by atoms with E-state index in [0.29, 0.717) is 19.5 Å². The minimum atomic E-state index is -4.50. The topological polar surface area (TPSA) is 71.5 Å². The summed E-state index contributed by atoms with van der Waals surface area (Å²) >= 11 is 0. The molecule has 2 amide bonds. The number of hydrogen-bond donors (Lipinski definition) is 1. The van der Waals surface area contributed by atoms with Crippen molar-refractivity contribution >= 4 is 11.8 Å². The fraction of sp³-hybridized carbons (Fsp3) is 0.632. The summed E-state index contributed by atoms with van der Waals surface area (Å²) in [6.07, 6.45) is 2.58. The molecule has 1 saturated carbocycles. The predicted molar refractivity (Wildman–Crippen MR) is 94.8 cm³/mol. The number of ether oxygens (including phenoxy) is 1. The van der Waals surface area contributed by atoms with E-state index in [9.17, 15) is 22.8 Å². The van der Waals surface area contributed by atoms with Crippen LogP contribution in [-0.4, -0.2) is 53.6 Å². The largest absolute Gasteiger partial charge is 0.482 e. The van der Waals surface area contributed by atoms with Crippen molar-refractivity contribution < 1.29 is 27.5 Å². The molecule has 1 aromatic rings. The maximum Gasteiger partial charge on any atom is 0.422 e. The number of halogens is 3. The maximum absolute atomic E-state index is 12.6. The molecule has 1 aliphatic carbocycles. The lowest BCUT2D eigenvalue weighted by atomic mass is 9.88. The Bertz CT molecular complexity index is 705. The highest BCUT2D eigenvalue weighted by Crippen LogP contribution is 2.27. The molecule has 1 saturated heterocycles. The summed E-state index contributed by atoms with van der Waals surface area (Å²) in [5.41, 5.74) is -0.191. The molecule has 0 radical (unpaired) electrons. The number of alkyl halides is 3. The number of likely N-dealkylation sites (tertiary alicyclic amines) is 1. The van der Waals surface area contributed by atoms with Crippen molar-refractivity contribution in [3.8, 4) is 5.75 Å². The molecule has 154 valence electrons.